The predicted octanol–water partition coefficient (Wildman–Crippen LogP) is 6.19. The van der Waals surface area contributed by atoms with E-state index in [0.29, 0.717) is 26.6 Å². The van der Waals surface area contributed by atoms with Crippen LogP contribution in [0.4, 0.5) is 9.18 Å². The fourth-order valence-electron chi connectivity index (χ4n) is 4.21. The molecule has 0 aliphatic carbocycles. The molecule has 1 aromatic heterocycles. The molecule has 9 heteroatoms. The minimum atomic E-state index is -1.75. The minimum Gasteiger partial charge on any atom is -0.424 e. The Morgan fingerprint density at radius 1 is 1.09 bits per heavy atom. The Morgan fingerprint density at radius 2 is 1.79 bits per heavy atom. The molecule has 172 valence electrons. The molecule has 1 N–H and O–H groups in total. The van der Waals surface area contributed by atoms with E-state index in [1.165, 1.54) is 24.3 Å². The first-order chi connectivity index (χ1) is 16.3. The summed E-state index contributed by atoms with van der Waals surface area (Å²) in [5.74, 6) is -0.857. The number of hydrogen-bond donors (Lipinski definition) is 1. The monoisotopic (exact) mass is 497 g/mol. The van der Waals surface area contributed by atoms with E-state index in [1.807, 2.05) is 30.3 Å². The summed E-state index contributed by atoms with van der Waals surface area (Å²) in [5, 5.41) is 0.694. The third-order valence-electron chi connectivity index (χ3n) is 5.95. The molecule has 6 nitrogen and oxygen atoms in total. The second-order valence-corrected chi connectivity index (χ2v) is 8.97. The summed E-state index contributed by atoms with van der Waals surface area (Å²) in [6.45, 7) is 1.68. The van der Waals surface area contributed by atoms with Crippen molar-refractivity contribution in [3.63, 3.8) is 0 Å². The van der Waals surface area contributed by atoms with Crippen LogP contribution in [-0.2, 0) is 21.6 Å². The van der Waals surface area contributed by atoms with Crippen molar-refractivity contribution < 1.29 is 18.7 Å². The molecule has 1 aliphatic heterocycles. The largest absolute Gasteiger partial charge is 0.424 e. The Kier molecular flexibility index (Phi) is 5.54. The van der Waals surface area contributed by atoms with E-state index >= 15 is 0 Å². The van der Waals surface area contributed by atoms with E-state index in [-0.39, 0.29) is 12.2 Å². The van der Waals surface area contributed by atoms with Gasteiger partial charge in [0.05, 0.1) is 16.6 Å². The molecule has 2 heterocycles. The molecule has 0 bridgehead atoms. The van der Waals surface area contributed by atoms with E-state index < -0.39 is 29.5 Å². The molecule has 1 fully saturated rings. The first-order valence-electron chi connectivity index (χ1n) is 10.5. The number of carbonyl (C=O) groups is 2. The Bertz CT molecular complexity index is 1410. The van der Waals surface area contributed by atoms with Gasteiger partial charge in [-0.15, -0.1) is 0 Å². The lowest BCUT2D eigenvalue weighted by atomic mass is 9.92. The van der Waals surface area contributed by atoms with E-state index in [1.54, 1.807) is 19.1 Å². The number of rotatable bonds is 5. The molecule has 5 rings (SSSR count). The van der Waals surface area contributed by atoms with Crippen LogP contribution >= 0.6 is 23.2 Å². The number of halogens is 3. The number of imidazole rings is 1. The van der Waals surface area contributed by atoms with Gasteiger partial charge in [0, 0.05) is 11.4 Å². The highest BCUT2D eigenvalue weighted by Crippen LogP contribution is 2.41. The molecule has 0 spiro atoms. The highest BCUT2D eigenvalue weighted by molar-refractivity contribution is 6.38. The first-order valence-corrected chi connectivity index (χ1v) is 11.3. The van der Waals surface area contributed by atoms with Crippen LogP contribution in [0, 0.1) is 5.82 Å². The molecule has 34 heavy (non-hydrogen) atoms. The number of H-pyrrole nitrogens is 1. The van der Waals surface area contributed by atoms with Crippen LogP contribution in [0.15, 0.2) is 66.7 Å². The van der Waals surface area contributed by atoms with Gasteiger partial charge in [-0.05, 0) is 42.3 Å². The number of benzene rings is 3. The van der Waals surface area contributed by atoms with Crippen molar-refractivity contribution in [3.8, 4) is 0 Å². The number of fused-ring (bicyclic) bond motifs is 1. The summed E-state index contributed by atoms with van der Waals surface area (Å²) in [6.07, 6.45) is -0.765. The Hall–Kier alpha value is -3.42. The number of imide groups is 1. The summed E-state index contributed by atoms with van der Waals surface area (Å²) in [5.41, 5.74) is 0.518. The summed E-state index contributed by atoms with van der Waals surface area (Å²) in [6, 6.07) is 17.3. The number of cyclic esters (lactones) is 1. The maximum absolute atomic E-state index is 13.9. The van der Waals surface area contributed by atoms with Gasteiger partial charge in [0.15, 0.2) is 5.82 Å². The minimum absolute atomic E-state index is 0.0518. The van der Waals surface area contributed by atoms with Crippen molar-refractivity contribution in [1.82, 2.24) is 14.9 Å². The van der Waals surface area contributed by atoms with Crippen LogP contribution in [0.3, 0.4) is 0 Å². The second kappa shape index (κ2) is 8.42. The molecule has 2 atom stereocenters. The first kappa shape index (κ1) is 22.4. The highest BCUT2D eigenvalue weighted by Gasteiger charge is 2.58. The van der Waals surface area contributed by atoms with E-state index in [0.717, 1.165) is 10.5 Å². The molecule has 0 radical (unpaired) electrons. The van der Waals surface area contributed by atoms with Gasteiger partial charge in [0.1, 0.15) is 11.3 Å². The Balaban J connectivity index is 1.63. The predicted molar refractivity (Wildman–Crippen MR) is 126 cm³/mol. The van der Waals surface area contributed by atoms with Gasteiger partial charge in [0.2, 0.25) is 0 Å². The van der Waals surface area contributed by atoms with E-state index in [4.69, 9.17) is 27.9 Å². The lowest BCUT2D eigenvalue weighted by Gasteiger charge is -2.25. The lowest BCUT2D eigenvalue weighted by molar-refractivity contribution is -0.139. The molecule has 3 aromatic carbocycles. The molecular weight excluding hydrogens is 480 g/mol. The third kappa shape index (κ3) is 3.71. The number of aromatic nitrogens is 2. The maximum atomic E-state index is 13.9. The van der Waals surface area contributed by atoms with Gasteiger partial charge in [0.25, 0.3) is 11.5 Å². The Morgan fingerprint density at radius 3 is 2.50 bits per heavy atom. The zero-order valence-electron chi connectivity index (χ0n) is 17.9. The van der Waals surface area contributed by atoms with Gasteiger partial charge in [-0.1, -0.05) is 65.7 Å². The van der Waals surface area contributed by atoms with Crippen LogP contribution in [-0.4, -0.2) is 26.9 Å². The van der Waals surface area contributed by atoms with Crippen LogP contribution in [0.5, 0.6) is 0 Å². The topological polar surface area (TPSA) is 75.3 Å². The fraction of sp³-hybridized carbons (Fsp3) is 0.160. The second-order valence-electron chi connectivity index (χ2n) is 8.13. The van der Waals surface area contributed by atoms with Crippen molar-refractivity contribution in [2.45, 2.75) is 25.0 Å². The van der Waals surface area contributed by atoms with Gasteiger partial charge < -0.3 is 9.72 Å². The number of ether oxygens (including phenoxy) is 1. The smallest absolute Gasteiger partial charge is 0.418 e. The summed E-state index contributed by atoms with van der Waals surface area (Å²) in [7, 11) is 0. The molecule has 1 saturated heterocycles. The van der Waals surface area contributed by atoms with Crippen LogP contribution < -0.4 is 0 Å². The van der Waals surface area contributed by atoms with Gasteiger partial charge in [-0.3, -0.25) is 4.79 Å². The quantitative estimate of drug-likeness (QED) is 0.356. The van der Waals surface area contributed by atoms with Crippen LogP contribution in [0.25, 0.3) is 11.0 Å². The average Bonchev–Trinajstić information content (AvgIpc) is 3.34. The van der Waals surface area contributed by atoms with Gasteiger partial charge >= 0.3 is 6.09 Å². The fourth-order valence-corrected chi connectivity index (χ4v) is 4.74. The summed E-state index contributed by atoms with van der Waals surface area (Å²) < 4.78 is 19.2. The Labute approximate surface area is 204 Å². The molecular formula is C25H18Cl2FN3O3. The van der Waals surface area contributed by atoms with E-state index in [9.17, 15) is 14.0 Å². The SMILES string of the molecule is C[C@H](c1ccc(F)cc1)N1C(=O)O[C@](Cc2ccccc2)(c2nc3c(Cl)cc(Cl)cc3[nH]2)C1=O. The van der Waals surface area contributed by atoms with Gasteiger partial charge in [-0.25, -0.2) is 19.1 Å². The van der Waals surface area contributed by atoms with Crippen molar-refractivity contribution in [3.05, 3.63) is 99.5 Å². The zero-order valence-corrected chi connectivity index (χ0v) is 19.4. The number of nitrogens with one attached hydrogen (secondary N) is 1. The molecule has 1 aliphatic rings. The number of carbonyl (C=O) groups excluding carboxylic acids is 2. The maximum Gasteiger partial charge on any atom is 0.418 e. The lowest BCUT2D eigenvalue weighted by Crippen LogP contribution is -2.42. The number of nitrogens with zero attached hydrogens (tertiary/aromatic N) is 2. The number of hydrogen-bond acceptors (Lipinski definition) is 4. The number of amides is 2. The third-order valence-corrected chi connectivity index (χ3v) is 6.45. The average molecular weight is 498 g/mol. The summed E-state index contributed by atoms with van der Waals surface area (Å²) in [4.78, 5) is 35.7. The van der Waals surface area contributed by atoms with Crippen molar-refractivity contribution in [1.29, 1.82) is 0 Å². The van der Waals surface area contributed by atoms with Crippen molar-refractivity contribution in [2.24, 2.45) is 0 Å². The molecule has 2 amide bonds. The highest BCUT2D eigenvalue weighted by atomic mass is 35.5. The zero-order chi connectivity index (χ0) is 24.0. The van der Waals surface area contributed by atoms with E-state index in [2.05, 4.69) is 9.97 Å². The molecule has 4 aromatic rings. The van der Waals surface area contributed by atoms with Crippen molar-refractivity contribution >= 4 is 46.2 Å². The van der Waals surface area contributed by atoms with Gasteiger partial charge in [-0.2, -0.15) is 0 Å². The molecule has 0 unspecified atom stereocenters. The molecule has 0 saturated carbocycles. The summed E-state index contributed by atoms with van der Waals surface area (Å²) >= 11 is 12.5. The van der Waals surface area contributed by atoms with Crippen LogP contribution in [0.1, 0.15) is 29.9 Å². The van der Waals surface area contributed by atoms with Crippen molar-refractivity contribution in [2.75, 3.05) is 0 Å². The van der Waals surface area contributed by atoms with Crippen LogP contribution in [0.2, 0.25) is 10.0 Å². The standard InChI is InChI=1S/C25H18Cl2FN3O3/c1-14(16-7-9-18(28)10-8-16)31-23(32)25(34-24(31)33,13-15-5-3-2-4-6-15)22-29-20-12-17(26)11-19(27)21(20)30-22/h2-12,14H,13H2,1H3,(H,29,30)/t14-,25-/m1/s1. The normalized spacial score (nSPS) is 19.0. The number of aromatic amines is 1.